The van der Waals surface area contributed by atoms with Crippen LogP contribution in [0.4, 0.5) is 5.69 Å². The fourth-order valence-electron chi connectivity index (χ4n) is 3.00. The average molecular weight is 404 g/mol. The molecule has 1 saturated heterocycles. The van der Waals surface area contributed by atoms with E-state index >= 15 is 0 Å². The topological polar surface area (TPSA) is 87.7 Å². The number of rotatable bonds is 7. The lowest BCUT2D eigenvalue weighted by Gasteiger charge is -2.26. The monoisotopic (exact) mass is 403 g/mol. The molecule has 28 heavy (non-hydrogen) atoms. The van der Waals surface area contributed by atoms with Crippen LogP contribution in [-0.4, -0.2) is 51.5 Å². The summed E-state index contributed by atoms with van der Waals surface area (Å²) >= 11 is 0. The van der Waals surface area contributed by atoms with Crippen LogP contribution in [0.15, 0.2) is 59.5 Å². The van der Waals surface area contributed by atoms with E-state index in [0.29, 0.717) is 32.0 Å². The number of nitrogens with zero attached hydrogens (tertiary/aromatic N) is 1. The molecular formula is C20H25N3O4S. The molecule has 2 aromatic rings. The molecule has 0 saturated carbocycles. The quantitative estimate of drug-likeness (QED) is 0.738. The van der Waals surface area contributed by atoms with Crippen molar-refractivity contribution in [2.24, 2.45) is 0 Å². The predicted molar refractivity (Wildman–Crippen MR) is 108 cm³/mol. The number of amides is 1. The Balaban J connectivity index is 1.59. The maximum atomic E-state index is 12.7. The van der Waals surface area contributed by atoms with E-state index in [0.717, 1.165) is 5.56 Å². The summed E-state index contributed by atoms with van der Waals surface area (Å²) in [6.07, 6.45) is 0. The molecule has 8 heteroatoms. The number of hydrogen-bond donors (Lipinski definition) is 2. The molecular weight excluding hydrogens is 378 g/mol. The fourth-order valence-corrected chi connectivity index (χ4v) is 4.46. The Morgan fingerprint density at radius 2 is 1.82 bits per heavy atom. The van der Waals surface area contributed by atoms with Crippen LogP contribution >= 0.6 is 0 Å². The van der Waals surface area contributed by atoms with Crippen molar-refractivity contribution in [2.45, 2.75) is 17.9 Å². The van der Waals surface area contributed by atoms with Gasteiger partial charge in [-0.15, -0.1) is 0 Å². The van der Waals surface area contributed by atoms with Crippen molar-refractivity contribution in [2.75, 3.05) is 38.2 Å². The molecule has 150 valence electrons. The summed E-state index contributed by atoms with van der Waals surface area (Å²) in [5, 5.41) is 5.92. The number of carbonyl (C=O) groups is 1. The summed E-state index contributed by atoms with van der Waals surface area (Å²) < 4.78 is 32.1. The highest BCUT2D eigenvalue weighted by molar-refractivity contribution is 7.89. The highest BCUT2D eigenvalue weighted by atomic mass is 32.2. The second kappa shape index (κ2) is 9.18. The predicted octanol–water partition coefficient (Wildman–Crippen LogP) is 2.00. The van der Waals surface area contributed by atoms with Gasteiger partial charge >= 0.3 is 0 Å². The van der Waals surface area contributed by atoms with Crippen molar-refractivity contribution >= 4 is 21.6 Å². The first-order valence-electron chi connectivity index (χ1n) is 9.23. The van der Waals surface area contributed by atoms with E-state index in [1.807, 2.05) is 37.3 Å². The number of anilines is 1. The molecule has 0 unspecified atom stereocenters. The Hall–Kier alpha value is -2.42. The van der Waals surface area contributed by atoms with Crippen LogP contribution in [0.2, 0.25) is 0 Å². The molecule has 7 nitrogen and oxygen atoms in total. The number of ether oxygens (including phenoxy) is 1. The number of nitrogens with one attached hydrogen (secondary N) is 2. The maximum Gasteiger partial charge on any atom is 0.243 e. The first-order chi connectivity index (χ1) is 13.5. The zero-order chi connectivity index (χ0) is 20.0. The minimum atomic E-state index is -3.57. The minimum absolute atomic E-state index is 0.0538. The van der Waals surface area contributed by atoms with E-state index < -0.39 is 10.0 Å². The molecule has 0 spiro atoms. The van der Waals surface area contributed by atoms with E-state index in [2.05, 4.69) is 10.6 Å². The molecule has 2 aromatic carbocycles. The minimum Gasteiger partial charge on any atom is -0.379 e. The van der Waals surface area contributed by atoms with E-state index in [4.69, 9.17) is 4.74 Å². The van der Waals surface area contributed by atoms with Crippen molar-refractivity contribution < 1.29 is 17.9 Å². The van der Waals surface area contributed by atoms with Gasteiger partial charge in [0, 0.05) is 18.8 Å². The summed E-state index contributed by atoms with van der Waals surface area (Å²) in [6.45, 7) is 3.47. The molecule has 0 bridgehead atoms. The molecule has 0 radical (unpaired) electrons. The SMILES string of the molecule is C[C@H](NC(=O)CNc1cccc(S(=O)(=O)N2CCOCC2)c1)c1ccccc1. The van der Waals surface area contributed by atoms with Gasteiger partial charge in [0.15, 0.2) is 0 Å². The Kier molecular flexibility index (Phi) is 6.66. The average Bonchev–Trinajstić information content (AvgIpc) is 2.74. The van der Waals surface area contributed by atoms with Crippen LogP contribution in [0.1, 0.15) is 18.5 Å². The van der Waals surface area contributed by atoms with Gasteiger partial charge in [-0.2, -0.15) is 4.31 Å². The van der Waals surface area contributed by atoms with Crippen molar-refractivity contribution in [1.29, 1.82) is 0 Å². The van der Waals surface area contributed by atoms with Crippen molar-refractivity contribution in [3.05, 3.63) is 60.2 Å². The van der Waals surface area contributed by atoms with Gasteiger partial charge in [-0.25, -0.2) is 8.42 Å². The highest BCUT2D eigenvalue weighted by Crippen LogP contribution is 2.20. The van der Waals surface area contributed by atoms with Crippen molar-refractivity contribution in [3.63, 3.8) is 0 Å². The van der Waals surface area contributed by atoms with Crippen LogP contribution in [0.5, 0.6) is 0 Å². The van der Waals surface area contributed by atoms with E-state index in [9.17, 15) is 13.2 Å². The number of carbonyl (C=O) groups excluding carboxylic acids is 1. The van der Waals surface area contributed by atoms with Gasteiger partial charge in [-0.3, -0.25) is 4.79 Å². The van der Waals surface area contributed by atoms with Gasteiger partial charge in [0.05, 0.1) is 30.7 Å². The lowest BCUT2D eigenvalue weighted by molar-refractivity contribution is -0.120. The van der Waals surface area contributed by atoms with Gasteiger partial charge in [0.2, 0.25) is 15.9 Å². The van der Waals surface area contributed by atoms with Gasteiger partial charge in [0.25, 0.3) is 0 Å². The van der Waals surface area contributed by atoms with Gasteiger partial charge in [-0.05, 0) is 30.7 Å². The third-order valence-electron chi connectivity index (χ3n) is 4.57. The number of hydrogen-bond acceptors (Lipinski definition) is 5. The molecule has 1 aliphatic heterocycles. The van der Waals surface area contributed by atoms with Crippen LogP contribution in [0, 0.1) is 0 Å². The third kappa shape index (κ3) is 5.09. The standard InChI is InChI=1S/C20H25N3O4S/c1-16(17-6-3-2-4-7-17)22-20(24)15-21-18-8-5-9-19(14-18)28(25,26)23-10-12-27-13-11-23/h2-9,14,16,21H,10-13,15H2,1H3,(H,22,24)/t16-/m0/s1. The van der Waals surface area contributed by atoms with E-state index in [-0.39, 0.29) is 23.4 Å². The molecule has 0 aromatic heterocycles. The molecule has 1 fully saturated rings. The van der Waals surface area contributed by atoms with Gasteiger partial charge in [0.1, 0.15) is 0 Å². The third-order valence-corrected chi connectivity index (χ3v) is 6.47. The van der Waals surface area contributed by atoms with Crippen molar-refractivity contribution in [3.8, 4) is 0 Å². The summed E-state index contributed by atoms with van der Waals surface area (Å²) in [5.74, 6) is -0.169. The zero-order valence-corrected chi connectivity index (χ0v) is 16.6. The molecule has 1 aliphatic rings. The Morgan fingerprint density at radius 3 is 2.54 bits per heavy atom. The second-order valence-electron chi connectivity index (χ2n) is 6.60. The Morgan fingerprint density at radius 1 is 1.11 bits per heavy atom. The lowest BCUT2D eigenvalue weighted by Crippen LogP contribution is -2.40. The number of benzene rings is 2. The smallest absolute Gasteiger partial charge is 0.243 e. The van der Waals surface area contributed by atoms with Crippen molar-refractivity contribution in [1.82, 2.24) is 9.62 Å². The number of sulfonamides is 1. The summed E-state index contributed by atoms with van der Waals surface area (Å²) in [6, 6.07) is 16.1. The largest absolute Gasteiger partial charge is 0.379 e. The molecule has 2 N–H and O–H groups in total. The second-order valence-corrected chi connectivity index (χ2v) is 8.54. The van der Waals surface area contributed by atoms with Crippen LogP contribution in [0.25, 0.3) is 0 Å². The zero-order valence-electron chi connectivity index (χ0n) is 15.8. The maximum absolute atomic E-state index is 12.7. The first kappa shape index (κ1) is 20.3. The first-order valence-corrected chi connectivity index (χ1v) is 10.7. The molecule has 1 heterocycles. The number of morpholine rings is 1. The molecule has 1 atom stereocenters. The summed E-state index contributed by atoms with van der Waals surface area (Å²) in [7, 11) is -3.57. The van der Waals surface area contributed by atoms with Crippen LogP contribution in [-0.2, 0) is 19.6 Å². The van der Waals surface area contributed by atoms with Gasteiger partial charge < -0.3 is 15.4 Å². The normalized spacial score (nSPS) is 16.3. The van der Waals surface area contributed by atoms with E-state index in [1.54, 1.807) is 24.3 Å². The summed E-state index contributed by atoms with van der Waals surface area (Å²) in [4.78, 5) is 12.4. The fraction of sp³-hybridized carbons (Fsp3) is 0.350. The van der Waals surface area contributed by atoms with E-state index in [1.165, 1.54) is 4.31 Å². The Labute approximate surface area is 165 Å². The molecule has 3 rings (SSSR count). The Bertz CT molecular complexity index is 897. The molecule has 1 amide bonds. The van der Waals surface area contributed by atoms with Gasteiger partial charge in [-0.1, -0.05) is 36.4 Å². The summed E-state index contributed by atoms with van der Waals surface area (Å²) in [5.41, 5.74) is 1.60. The van der Waals surface area contributed by atoms with Crippen LogP contribution < -0.4 is 10.6 Å². The van der Waals surface area contributed by atoms with Crippen LogP contribution in [0.3, 0.4) is 0 Å². The highest BCUT2D eigenvalue weighted by Gasteiger charge is 2.26. The molecule has 0 aliphatic carbocycles. The lowest BCUT2D eigenvalue weighted by atomic mass is 10.1.